The van der Waals surface area contributed by atoms with Crippen molar-refractivity contribution >= 4 is 39.1 Å². The number of aromatic nitrogens is 1. The molecule has 174 valence electrons. The molecule has 7 nitrogen and oxygen atoms in total. The van der Waals surface area contributed by atoms with E-state index in [-0.39, 0.29) is 17.9 Å². The van der Waals surface area contributed by atoms with E-state index in [1.807, 2.05) is 29.0 Å². The summed E-state index contributed by atoms with van der Waals surface area (Å²) in [6.45, 7) is 2.23. The molecule has 33 heavy (non-hydrogen) atoms. The number of carbonyl (C=O) groups excluding carboxylic acids is 2. The number of rotatable bonds is 5. The Morgan fingerprint density at radius 1 is 1.09 bits per heavy atom. The quantitative estimate of drug-likeness (QED) is 0.596. The number of anilines is 1. The second-order valence-electron chi connectivity index (χ2n) is 9.09. The van der Waals surface area contributed by atoms with Crippen LogP contribution in [-0.4, -0.2) is 42.2 Å². The van der Waals surface area contributed by atoms with Crippen molar-refractivity contribution in [3.05, 3.63) is 41.4 Å². The summed E-state index contributed by atoms with van der Waals surface area (Å²) in [4.78, 5) is 30.4. The molecule has 1 N–H and O–H groups in total. The SMILES string of the molecule is COc1cc(OC)cc(N2C(=O)c3cc4ccsc4n3CC2(C)C(=O)NC2CCCCC2)c1. The Morgan fingerprint density at radius 2 is 1.79 bits per heavy atom. The molecule has 0 spiro atoms. The van der Waals surface area contributed by atoms with Crippen LogP contribution < -0.4 is 19.7 Å². The summed E-state index contributed by atoms with van der Waals surface area (Å²) in [6, 6.07) is 9.40. The molecule has 3 heterocycles. The Hall–Kier alpha value is -3.00. The lowest BCUT2D eigenvalue weighted by molar-refractivity contribution is -0.127. The highest BCUT2D eigenvalue weighted by Crippen LogP contribution is 2.40. The third-order valence-electron chi connectivity index (χ3n) is 6.91. The minimum atomic E-state index is -1.12. The zero-order valence-corrected chi connectivity index (χ0v) is 20.0. The Balaban J connectivity index is 1.62. The summed E-state index contributed by atoms with van der Waals surface area (Å²) in [7, 11) is 3.15. The normalized spacial score (nSPS) is 21.2. The van der Waals surface area contributed by atoms with Crippen LogP contribution in [0.5, 0.6) is 11.5 Å². The fraction of sp³-hybridized carbons (Fsp3) is 0.440. The number of thiophene rings is 1. The molecule has 1 atom stereocenters. The van der Waals surface area contributed by atoms with Crippen molar-refractivity contribution in [2.24, 2.45) is 0 Å². The first kappa shape index (κ1) is 21.8. The molecule has 0 radical (unpaired) electrons. The van der Waals surface area contributed by atoms with Crippen LogP contribution in [-0.2, 0) is 11.3 Å². The Kier molecular flexibility index (Phi) is 5.56. The number of hydrogen-bond acceptors (Lipinski definition) is 5. The summed E-state index contributed by atoms with van der Waals surface area (Å²) < 4.78 is 12.9. The van der Waals surface area contributed by atoms with Gasteiger partial charge in [-0.15, -0.1) is 11.3 Å². The van der Waals surface area contributed by atoms with Gasteiger partial charge in [0.25, 0.3) is 5.91 Å². The van der Waals surface area contributed by atoms with E-state index in [0.717, 1.165) is 35.9 Å². The van der Waals surface area contributed by atoms with E-state index in [1.165, 1.54) is 6.42 Å². The van der Waals surface area contributed by atoms with Crippen molar-refractivity contribution in [2.75, 3.05) is 19.1 Å². The minimum absolute atomic E-state index is 0.131. The molecule has 0 saturated heterocycles. The number of fused-ring (bicyclic) bond motifs is 3. The summed E-state index contributed by atoms with van der Waals surface area (Å²) in [5, 5.41) is 6.30. The highest BCUT2D eigenvalue weighted by molar-refractivity contribution is 7.16. The van der Waals surface area contributed by atoms with Crippen molar-refractivity contribution in [3.63, 3.8) is 0 Å². The number of nitrogens with one attached hydrogen (secondary N) is 1. The molecule has 0 bridgehead atoms. The summed E-state index contributed by atoms with van der Waals surface area (Å²) >= 11 is 1.59. The van der Waals surface area contributed by atoms with Gasteiger partial charge in [0.15, 0.2) is 0 Å². The molecule has 1 fully saturated rings. The predicted molar refractivity (Wildman–Crippen MR) is 130 cm³/mol. The van der Waals surface area contributed by atoms with E-state index in [0.29, 0.717) is 29.4 Å². The van der Waals surface area contributed by atoms with Gasteiger partial charge in [-0.3, -0.25) is 14.5 Å². The number of benzene rings is 1. The third-order valence-corrected chi connectivity index (χ3v) is 7.86. The van der Waals surface area contributed by atoms with Crippen LogP contribution in [0.25, 0.3) is 10.2 Å². The highest BCUT2D eigenvalue weighted by atomic mass is 32.1. The molecule has 3 aromatic rings. The zero-order chi connectivity index (χ0) is 23.2. The van der Waals surface area contributed by atoms with Crippen LogP contribution in [0.15, 0.2) is 35.7 Å². The van der Waals surface area contributed by atoms with Gasteiger partial charge in [-0.1, -0.05) is 19.3 Å². The van der Waals surface area contributed by atoms with E-state index < -0.39 is 5.54 Å². The first-order valence-corrected chi connectivity index (χ1v) is 12.3. The Labute approximate surface area is 197 Å². The maximum atomic E-state index is 13.9. The number of hydrogen-bond donors (Lipinski definition) is 1. The fourth-order valence-corrected chi connectivity index (χ4v) is 6.01. The Bertz CT molecular complexity index is 1190. The van der Waals surface area contributed by atoms with Gasteiger partial charge in [-0.25, -0.2) is 0 Å². The van der Waals surface area contributed by atoms with E-state index in [2.05, 4.69) is 5.32 Å². The maximum absolute atomic E-state index is 13.9. The van der Waals surface area contributed by atoms with E-state index in [9.17, 15) is 9.59 Å². The molecule has 2 amide bonds. The van der Waals surface area contributed by atoms with Crippen LogP contribution in [0.4, 0.5) is 5.69 Å². The van der Waals surface area contributed by atoms with Crippen molar-refractivity contribution < 1.29 is 19.1 Å². The van der Waals surface area contributed by atoms with Crippen molar-refractivity contribution in [3.8, 4) is 11.5 Å². The number of nitrogens with zero attached hydrogens (tertiary/aromatic N) is 2. The number of ether oxygens (including phenoxy) is 2. The topological polar surface area (TPSA) is 72.8 Å². The molecular weight excluding hydrogens is 438 g/mol. The van der Waals surface area contributed by atoms with Gasteiger partial charge in [0.1, 0.15) is 27.6 Å². The first-order valence-electron chi connectivity index (χ1n) is 11.4. The number of methoxy groups -OCH3 is 2. The molecule has 1 aliphatic heterocycles. The van der Waals surface area contributed by atoms with Crippen molar-refractivity contribution in [1.29, 1.82) is 0 Å². The van der Waals surface area contributed by atoms with Gasteiger partial charge in [0.2, 0.25) is 5.91 Å². The van der Waals surface area contributed by atoms with Gasteiger partial charge >= 0.3 is 0 Å². The van der Waals surface area contributed by atoms with Crippen LogP contribution in [0.3, 0.4) is 0 Å². The maximum Gasteiger partial charge on any atom is 0.275 e. The Morgan fingerprint density at radius 3 is 2.45 bits per heavy atom. The van der Waals surface area contributed by atoms with Gasteiger partial charge in [0, 0.05) is 29.6 Å². The van der Waals surface area contributed by atoms with Crippen LogP contribution in [0, 0.1) is 0 Å². The van der Waals surface area contributed by atoms with Gasteiger partial charge < -0.3 is 19.4 Å². The molecule has 5 rings (SSSR count). The molecule has 8 heteroatoms. The summed E-state index contributed by atoms with van der Waals surface area (Å²) in [6.07, 6.45) is 5.41. The number of carbonyl (C=O) groups is 2. The lowest BCUT2D eigenvalue weighted by Gasteiger charge is -2.44. The largest absolute Gasteiger partial charge is 0.497 e. The second kappa shape index (κ2) is 8.41. The molecule has 1 saturated carbocycles. The van der Waals surface area contributed by atoms with Crippen LogP contribution in [0.2, 0.25) is 0 Å². The van der Waals surface area contributed by atoms with E-state index in [1.54, 1.807) is 48.7 Å². The lowest BCUT2D eigenvalue weighted by atomic mass is 9.91. The summed E-state index contributed by atoms with van der Waals surface area (Å²) in [5.74, 6) is 0.790. The van der Waals surface area contributed by atoms with E-state index in [4.69, 9.17) is 9.47 Å². The van der Waals surface area contributed by atoms with E-state index >= 15 is 0 Å². The molecule has 2 aromatic heterocycles. The average molecular weight is 468 g/mol. The average Bonchev–Trinajstić information content (AvgIpc) is 3.42. The third kappa shape index (κ3) is 3.66. The molecule has 1 aromatic carbocycles. The molecule has 2 aliphatic rings. The fourth-order valence-electron chi connectivity index (χ4n) is 5.11. The second-order valence-corrected chi connectivity index (χ2v) is 9.99. The van der Waals surface area contributed by atoms with Gasteiger partial charge in [-0.05, 0) is 37.3 Å². The molecule has 1 aliphatic carbocycles. The standard InChI is InChI=1S/C25H29N3O4S/c1-25(24(30)26-17-7-5-4-6-8-17)15-27-21(11-16-9-10-33-23(16)27)22(29)28(25)18-12-19(31-2)14-20(13-18)32-3/h9-14,17H,4-8,15H2,1-3H3,(H,26,30). The van der Waals surface area contributed by atoms with Crippen LogP contribution in [0.1, 0.15) is 49.5 Å². The lowest BCUT2D eigenvalue weighted by Crippen LogP contribution is -2.65. The van der Waals surface area contributed by atoms with Crippen molar-refractivity contribution in [2.45, 2.75) is 57.2 Å². The van der Waals surface area contributed by atoms with Crippen molar-refractivity contribution in [1.82, 2.24) is 9.88 Å². The van der Waals surface area contributed by atoms with Gasteiger partial charge in [-0.2, -0.15) is 0 Å². The first-order chi connectivity index (χ1) is 15.9. The summed E-state index contributed by atoms with van der Waals surface area (Å²) in [5.41, 5.74) is 0.0457. The minimum Gasteiger partial charge on any atom is -0.497 e. The zero-order valence-electron chi connectivity index (χ0n) is 19.2. The highest BCUT2D eigenvalue weighted by Gasteiger charge is 2.49. The number of amides is 2. The monoisotopic (exact) mass is 467 g/mol. The smallest absolute Gasteiger partial charge is 0.275 e. The van der Waals surface area contributed by atoms with Crippen LogP contribution >= 0.6 is 11.3 Å². The predicted octanol–water partition coefficient (Wildman–Crippen LogP) is 4.59. The molecular formula is C25H29N3O4S. The van der Waals surface area contributed by atoms with Gasteiger partial charge in [0.05, 0.1) is 26.5 Å². The molecule has 1 unspecified atom stereocenters.